The first-order chi connectivity index (χ1) is 12.5. The number of nitrogens with zero attached hydrogens (tertiary/aromatic N) is 4. The number of nitrogens with one attached hydrogen (secondary N) is 1. The minimum Gasteiger partial charge on any atom is -0.348 e. The molecule has 1 N–H and O–H groups in total. The highest BCUT2D eigenvalue weighted by Gasteiger charge is 2.24. The third-order valence-corrected chi connectivity index (χ3v) is 4.80. The molecule has 6 nitrogen and oxygen atoms in total. The summed E-state index contributed by atoms with van der Waals surface area (Å²) >= 11 is 12.0. The Bertz CT molecular complexity index is 871. The van der Waals surface area contributed by atoms with Crippen LogP contribution in [0.3, 0.4) is 0 Å². The number of halogens is 2. The second kappa shape index (κ2) is 8.29. The van der Waals surface area contributed by atoms with E-state index in [1.54, 1.807) is 12.1 Å². The lowest BCUT2D eigenvalue weighted by atomic mass is 10.0. The minimum absolute atomic E-state index is 0.181. The van der Waals surface area contributed by atoms with Crippen molar-refractivity contribution in [3.63, 3.8) is 0 Å². The second-order valence-electron chi connectivity index (χ2n) is 5.90. The van der Waals surface area contributed by atoms with Crippen molar-refractivity contribution in [2.75, 3.05) is 0 Å². The van der Waals surface area contributed by atoms with Crippen LogP contribution < -0.4 is 5.32 Å². The summed E-state index contributed by atoms with van der Waals surface area (Å²) in [6.07, 6.45) is 1.92. The van der Waals surface area contributed by atoms with Gasteiger partial charge in [0, 0.05) is 6.42 Å². The molecule has 1 aromatic heterocycles. The van der Waals surface area contributed by atoms with Crippen molar-refractivity contribution in [1.29, 1.82) is 0 Å². The summed E-state index contributed by atoms with van der Waals surface area (Å²) in [6, 6.07) is 14.2. The molecule has 3 aromatic rings. The Morgan fingerprint density at radius 2 is 1.92 bits per heavy atom. The van der Waals surface area contributed by atoms with Gasteiger partial charge in [0.05, 0.1) is 16.1 Å². The largest absolute Gasteiger partial charge is 0.348 e. The van der Waals surface area contributed by atoms with E-state index in [9.17, 15) is 4.79 Å². The van der Waals surface area contributed by atoms with E-state index in [4.69, 9.17) is 23.2 Å². The molecule has 134 valence electrons. The van der Waals surface area contributed by atoms with Crippen LogP contribution in [0.15, 0.2) is 54.9 Å². The number of carbonyl (C=O) groups is 1. The van der Waals surface area contributed by atoms with Crippen molar-refractivity contribution in [3.05, 3.63) is 76.0 Å². The van der Waals surface area contributed by atoms with Crippen LogP contribution in [-0.2, 0) is 11.2 Å². The maximum atomic E-state index is 12.9. The summed E-state index contributed by atoms with van der Waals surface area (Å²) < 4.78 is 1.46. The number of carbonyl (C=O) groups excluding carboxylic acids is 1. The first-order valence-corrected chi connectivity index (χ1v) is 8.82. The summed E-state index contributed by atoms with van der Waals surface area (Å²) in [5.74, 6) is -0.181. The number of hydrogen-bond acceptors (Lipinski definition) is 4. The van der Waals surface area contributed by atoms with E-state index >= 15 is 0 Å². The molecule has 2 atom stereocenters. The molecule has 2 unspecified atom stereocenters. The molecule has 8 heteroatoms. The Morgan fingerprint density at radius 1 is 1.15 bits per heavy atom. The minimum atomic E-state index is -0.558. The molecule has 0 fully saturated rings. The number of benzene rings is 2. The van der Waals surface area contributed by atoms with Crippen molar-refractivity contribution in [2.24, 2.45) is 0 Å². The Kier molecular flexibility index (Phi) is 5.85. The Balaban J connectivity index is 1.77. The fourth-order valence-electron chi connectivity index (χ4n) is 2.63. The van der Waals surface area contributed by atoms with Gasteiger partial charge in [-0.3, -0.25) is 4.79 Å². The lowest BCUT2D eigenvalue weighted by Gasteiger charge is -2.20. The van der Waals surface area contributed by atoms with Gasteiger partial charge in [0.15, 0.2) is 0 Å². The predicted molar refractivity (Wildman–Crippen MR) is 100 cm³/mol. The van der Waals surface area contributed by atoms with Gasteiger partial charge in [-0.15, -0.1) is 5.10 Å². The molecule has 2 aromatic carbocycles. The zero-order valence-corrected chi connectivity index (χ0v) is 15.5. The van der Waals surface area contributed by atoms with Crippen LogP contribution in [0.2, 0.25) is 10.0 Å². The van der Waals surface area contributed by atoms with E-state index in [1.807, 2.05) is 43.3 Å². The molecule has 0 saturated heterocycles. The molecule has 0 saturated carbocycles. The van der Waals surface area contributed by atoms with Crippen molar-refractivity contribution in [3.8, 4) is 0 Å². The summed E-state index contributed by atoms with van der Waals surface area (Å²) in [5.41, 5.74) is 1.88. The molecular formula is C18H17Cl2N5O. The first-order valence-electron chi connectivity index (χ1n) is 8.06. The highest BCUT2D eigenvalue weighted by Crippen LogP contribution is 2.26. The first kappa shape index (κ1) is 18.4. The zero-order valence-electron chi connectivity index (χ0n) is 14.0. The fourth-order valence-corrected chi connectivity index (χ4v) is 2.94. The molecule has 0 aliphatic carbocycles. The maximum absolute atomic E-state index is 12.9. The quantitative estimate of drug-likeness (QED) is 0.698. The topological polar surface area (TPSA) is 72.7 Å². The summed E-state index contributed by atoms with van der Waals surface area (Å²) in [4.78, 5) is 12.9. The molecule has 26 heavy (non-hydrogen) atoms. The summed E-state index contributed by atoms with van der Waals surface area (Å²) in [6.45, 7) is 1.89. The molecule has 1 heterocycles. The van der Waals surface area contributed by atoms with E-state index < -0.39 is 6.04 Å². The number of hydrogen-bond donors (Lipinski definition) is 1. The molecular weight excluding hydrogens is 373 g/mol. The fraction of sp³-hybridized carbons (Fsp3) is 0.222. The van der Waals surface area contributed by atoms with E-state index in [0.717, 1.165) is 11.1 Å². The Morgan fingerprint density at radius 3 is 2.58 bits per heavy atom. The van der Waals surface area contributed by atoms with Crippen LogP contribution in [0.5, 0.6) is 0 Å². The van der Waals surface area contributed by atoms with Crippen LogP contribution in [0.25, 0.3) is 0 Å². The lowest BCUT2D eigenvalue weighted by molar-refractivity contribution is -0.125. The monoisotopic (exact) mass is 389 g/mol. The van der Waals surface area contributed by atoms with Crippen LogP contribution in [0.1, 0.15) is 30.1 Å². The Hall–Kier alpha value is -2.44. The van der Waals surface area contributed by atoms with Crippen molar-refractivity contribution in [2.45, 2.75) is 25.4 Å². The molecule has 0 radical (unpaired) electrons. The van der Waals surface area contributed by atoms with Crippen molar-refractivity contribution in [1.82, 2.24) is 25.5 Å². The number of aromatic nitrogens is 4. The van der Waals surface area contributed by atoms with E-state index in [1.165, 1.54) is 11.0 Å². The number of tetrazole rings is 1. The number of rotatable bonds is 6. The Labute approximate surface area is 161 Å². The predicted octanol–water partition coefficient (Wildman–Crippen LogP) is 3.64. The van der Waals surface area contributed by atoms with Crippen LogP contribution >= 0.6 is 23.2 Å². The van der Waals surface area contributed by atoms with Gasteiger partial charge in [-0.25, -0.2) is 4.68 Å². The van der Waals surface area contributed by atoms with Gasteiger partial charge in [0.2, 0.25) is 5.91 Å². The van der Waals surface area contributed by atoms with E-state index in [-0.39, 0.29) is 11.9 Å². The zero-order chi connectivity index (χ0) is 18.5. The normalized spacial score (nSPS) is 13.2. The molecule has 0 aliphatic heterocycles. The average molecular weight is 390 g/mol. The highest BCUT2D eigenvalue weighted by molar-refractivity contribution is 6.42. The standard InChI is InChI=1S/C18H17Cl2N5O/c1-12(14-7-8-15(19)16(20)10-14)22-18(26)17(25-11-21-23-24-25)9-13-5-3-2-4-6-13/h2-8,10-12,17H,9H2,1H3,(H,22,26). The average Bonchev–Trinajstić information content (AvgIpc) is 3.17. The van der Waals surface area contributed by atoms with Gasteiger partial charge in [0.25, 0.3) is 0 Å². The van der Waals surface area contributed by atoms with Gasteiger partial charge in [-0.05, 0) is 40.6 Å². The van der Waals surface area contributed by atoms with Gasteiger partial charge in [0.1, 0.15) is 12.4 Å². The number of amides is 1. The lowest BCUT2D eigenvalue weighted by Crippen LogP contribution is -2.35. The van der Waals surface area contributed by atoms with Crippen LogP contribution in [-0.4, -0.2) is 26.1 Å². The molecule has 1 amide bonds. The van der Waals surface area contributed by atoms with Gasteiger partial charge in [-0.2, -0.15) is 0 Å². The van der Waals surface area contributed by atoms with Gasteiger partial charge >= 0.3 is 0 Å². The highest BCUT2D eigenvalue weighted by atomic mass is 35.5. The smallest absolute Gasteiger partial charge is 0.245 e. The SMILES string of the molecule is CC(NC(=O)C(Cc1ccccc1)n1cnnn1)c1ccc(Cl)c(Cl)c1. The second-order valence-corrected chi connectivity index (χ2v) is 6.71. The third-order valence-electron chi connectivity index (χ3n) is 4.06. The third kappa shape index (κ3) is 4.39. The van der Waals surface area contributed by atoms with Crippen LogP contribution in [0, 0.1) is 0 Å². The van der Waals surface area contributed by atoms with Gasteiger partial charge < -0.3 is 5.32 Å². The summed E-state index contributed by atoms with van der Waals surface area (Å²) in [7, 11) is 0. The molecule has 3 rings (SSSR count). The van der Waals surface area contributed by atoms with Gasteiger partial charge in [-0.1, -0.05) is 59.6 Å². The van der Waals surface area contributed by atoms with Crippen molar-refractivity contribution >= 4 is 29.1 Å². The van der Waals surface area contributed by atoms with Crippen molar-refractivity contribution < 1.29 is 4.79 Å². The summed E-state index contributed by atoms with van der Waals surface area (Å²) in [5, 5.41) is 15.1. The van der Waals surface area contributed by atoms with E-state index in [0.29, 0.717) is 16.5 Å². The molecule has 0 aliphatic rings. The van der Waals surface area contributed by atoms with E-state index in [2.05, 4.69) is 20.8 Å². The molecule has 0 spiro atoms. The maximum Gasteiger partial charge on any atom is 0.245 e. The van der Waals surface area contributed by atoms with Crippen LogP contribution in [0.4, 0.5) is 0 Å². The molecule has 0 bridgehead atoms.